The van der Waals surface area contributed by atoms with Crippen molar-refractivity contribution in [1.29, 1.82) is 0 Å². The van der Waals surface area contributed by atoms with Crippen molar-refractivity contribution in [2.75, 3.05) is 6.61 Å². The van der Waals surface area contributed by atoms with E-state index in [1.54, 1.807) is 0 Å². The molecular weight excluding hydrogens is 250 g/mol. The van der Waals surface area contributed by atoms with Crippen molar-refractivity contribution in [3.05, 3.63) is 16.3 Å². The number of sulfonamides is 1. The Labute approximate surface area is 98.3 Å². The third kappa shape index (κ3) is 3.29. The molecule has 2 N–H and O–H groups in total. The van der Waals surface area contributed by atoms with Gasteiger partial charge in [-0.2, -0.15) is 0 Å². The van der Waals surface area contributed by atoms with E-state index < -0.39 is 16.0 Å². The van der Waals surface area contributed by atoms with Crippen LogP contribution in [-0.2, 0) is 14.8 Å². The van der Waals surface area contributed by atoms with Crippen LogP contribution in [0.5, 0.6) is 0 Å². The van der Waals surface area contributed by atoms with E-state index in [9.17, 15) is 13.2 Å². The second-order valence-electron chi connectivity index (χ2n) is 3.15. The number of carbonyl (C=O) groups excluding carboxylic acids is 1. The van der Waals surface area contributed by atoms with Crippen LogP contribution >= 0.6 is 11.3 Å². The number of thiophene rings is 1. The number of carbonyl (C=O) groups is 1. The fourth-order valence-electron chi connectivity index (χ4n) is 1.05. The maximum absolute atomic E-state index is 11.5. The summed E-state index contributed by atoms with van der Waals surface area (Å²) in [6.45, 7) is 2.26. The zero-order valence-electron chi connectivity index (χ0n) is 8.80. The minimum atomic E-state index is -3.86. The van der Waals surface area contributed by atoms with Gasteiger partial charge in [-0.3, -0.25) is 0 Å². The van der Waals surface area contributed by atoms with Crippen LogP contribution in [0.15, 0.2) is 16.3 Å². The molecule has 0 aromatic carbocycles. The van der Waals surface area contributed by atoms with Gasteiger partial charge >= 0.3 is 5.97 Å². The van der Waals surface area contributed by atoms with E-state index in [0.29, 0.717) is 0 Å². The van der Waals surface area contributed by atoms with Crippen LogP contribution in [0.25, 0.3) is 0 Å². The molecule has 1 aromatic heterocycles. The highest BCUT2D eigenvalue weighted by Crippen LogP contribution is 2.21. The minimum Gasteiger partial charge on any atom is -0.461 e. The highest BCUT2D eigenvalue weighted by atomic mass is 32.2. The molecule has 16 heavy (non-hydrogen) atoms. The first-order valence-electron chi connectivity index (χ1n) is 4.74. The molecule has 1 heterocycles. The first-order valence-corrected chi connectivity index (χ1v) is 7.16. The molecule has 5 nitrogen and oxygen atoms in total. The molecule has 0 fully saturated rings. The molecule has 90 valence electrons. The van der Waals surface area contributed by atoms with Crippen LogP contribution in [0.4, 0.5) is 0 Å². The maximum atomic E-state index is 11.5. The quantitative estimate of drug-likeness (QED) is 0.641. The zero-order valence-corrected chi connectivity index (χ0v) is 10.4. The predicted molar refractivity (Wildman–Crippen MR) is 60.9 cm³/mol. The van der Waals surface area contributed by atoms with Crippen LogP contribution < -0.4 is 5.14 Å². The summed E-state index contributed by atoms with van der Waals surface area (Å²) >= 11 is 1.01. The third-order valence-electron chi connectivity index (χ3n) is 1.85. The number of ether oxygens (including phenoxy) is 1. The molecule has 0 radical (unpaired) electrons. The number of primary sulfonamides is 1. The molecule has 0 aliphatic carbocycles. The molecular formula is C9H13NO4S2. The van der Waals surface area contributed by atoms with E-state index in [0.717, 1.165) is 24.2 Å². The second kappa shape index (κ2) is 5.42. The Kier molecular flexibility index (Phi) is 4.45. The van der Waals surface area contributed by atoms with Crippen LogP contribution in [0.2, 0.25) is 0 Å². The van der Waals surface area contributed by atoms with Gasteiger partial charge in [0, 0.05) is 0 Å². The van der Waals surface area contributed by atoms with Gasteiger partial charge in [0.15, 0.2) is 0 Å². The highest BCUT2D eigenvalue weighted by Gasteiger charge is 2.21. The molecule has 0 saturated carbocycles. The van der Waals surface area contributed by atoms with Gasteiger partial charge in [0.2, 0.25) is 10.0 Å². The summed E-state index contributed by atoms with van der Waals surface area (Å²) in [6, 6.07) is 1.30. The number of hydrogen-bond acceptors (Lipinski definition) is 5. The predicted octanol–water partition coefficient (Wildman–Crippen LogP) is 1.35. The maximum Gasteiger partial charge on any atom is 0.349 e. The summed E-state index contributed by atoms with van der Waals surface area (Å²) in [4.78, 5) is 11.4. The first kappa shape index (κ1) is 13.1. The standard InChI is InChI=1S/C9H13NO4S2/c1-2-3-5-14-9(11)8-7(4-6-15-8)16(10,12)13/h4,6H,2-3,5H2,1H3,(H2,10,12,13). The van der Waals surface area contributed by atoms with Gasteiger partial charge in [-0.15, -0.1) is 11.3 Å². The van der Waals surface area contributed by atoms with Crippen molar-refractivity contribution in [3.63, 3.8) is 0 Å². The first-order chi connectivity index (χ1) is 7.46. The molecule has 0 spiro atoms. The lowest BCUT2D eigenvalue weighted by Gasteiger charge is -2.03. The Morgan fingerprint density at radius 3 is 2.81 bits per heavy atom. The molecule has 0 unspecified atom stereocenters. The molecule has 0 aliphatic heterocycles. The van der Waals surface area contributed by atoms with E-state index in [4.69, 9.17) is 9.88 Å². The number of nitrogens with two attached hydrogens (primary N) is 1. The Balaban J connectivity index is 2.81. The van der Waals surface area contributed by atoms with E-state index in [2.05, 4.69) is 0 Å². The lowest BCUT2D eigenvalue weighted by Crippen LogP contribution is -2.16. The average Bonchev–Trinajstić information content (AvgIpc) is 2.65. The van der Waals surface area contributed by atoms with Gasteiger partial charge in [-0.25, -0.2) is 18.4 Å². The van der Waals surface area contributed by atoms with Crippen molar-refractivity contribution in [1.82, 2.24) is 0 Å². The number of rotatable bonds is 5. The summed E-state index contributed by atoms with van der Waals surface area (Å²) in [7, 11) is -3.86. The summed E-state index contributed by atoms with van der Waals surface area (Å²) in [6.07, 6.45) is 1.65. The Morgan fingerprint density at radius 2 is 2.25 bits per heavy atom. The summed E-state index contributed by atoms with van der Waals surface area (Å²) in [5.74, 6) is -0.632. The third-order valence-corrected chi connectivity index (χ3v) is 3.83. The molecule has 0 atom stereocenters. The van der Waals surface area contributed by atoms with Crippen molar-refractivity contribution in [2.24, 2.45) is 5.14 Å². The van der Waals surface area contributed by atoms with Crippen LogP contribution in [0, 0.1) is 0 Å². The molecule has 0 amide bonds. The van der Waals surface area contributed by atoms with E-state index in [1.807, 2.05) is 6.92 Å². The van der Waals surface area contributed by atoms with Crippen molar-refractivity contribution >= 4 is 27.3 Å². The van der Waals surface area contributed by atoms with Crippen LogP contribution in [0.1, 0.15) is 29.4 Å². The topological polar surface area (TPSA) is 86.5 Å². The van der Waals surface area contributed by atoms with E-state index in [1.165, 1.54) is 11.4 Å². The smallest absolute Gasteiger partial charge is 0.349 e. The van der Waals surface area contributed by atoms with Crippen molar-refractivity contribution in [2.45, 2.75) is 24.7 Å². The largest absolute Gasteiger partial charge is 0.461 e. The molecule has 1 rings (SSSR count). The van der Waals surface area contributed by atoms with Gasteiger partial charge in [0.1, 0.15) is 9.77 Å². The normalized spacial score (nSPS) is 11.4. The summed E-state index contributed by atoms with van der Waals surface area (Å²) < 4.78 is 27.2. The zero-order chi connectivity index (χ0) is 12.2. The number of unbranched alkanes of at least 4 members (excludes halogenated alkanes) is 1. The Hall–Kier alpha value is -0.920. The van der Waals surface area contributed by atoms with Crippen molar-refractivity contribution in [3.8, 4) is 0 Å². The van der Waals surface area contributed by atoms with Gasteiger partial charge in [-0.05, 0) is 17.9 Å². The Bertz CT molecular complexity index is 464. The van der Waals surface area contributed by atoms with Crippen LogP contribution in [0.3, 0.4) is 0 Å². The van der Waals surface area contributed by atoms with Gasteiger partial charge in [-0.1, -0.05) is 13.3 Å². The van der Waals surface area contributed by atoms with Crippen molar-refractivity contribution < 1.29 is 17.9 Å². The van der Waals surface area contributed by atoms with E-state index >= 15 is 0 Å². The average molecular weight is 263 g/mol. The fourth-order valence-corrected chi connectivity index (χ4v) is 2.90. The molecule has 0 bridgehead atoms. The highest BCUT2D eigenvalue weighted by molar-refractivity contribution is 7.89. The van der Waals surface area contributed by atoms with Crippen LogP contribution in [-0.4, -0.2) is 21.0 Å². The van der Waals surface area contributed by atoms with E-state index in [-0.39, 0.29) is 16.4 Å². The molecule has 0 aliphatic rings. The summed E-state index contributed by atoms with van der Waals surface area (Å²) in [5.41, 5.74) is 0. The monoisotopic (exact) mass is 263 g/mol. The molecule has 1 aromatic rings. The fraction of sp³-hybridized carbons (Fsp3) is 0.444. The van der Waals surface area contributed by atoms with Gasteiger partial charge < -0.3 is 4.74 Å². The lowest BCUT2D eigenvalue weighted by atomic mass is 10.4. The SMILES string of the molecule is CCCCOC(=O)c1sccc1S(N)(=O)=O. The number of hydrogen-bond donors (Lipinski definition) is 1. The molecule has 7 heteroatoms. The Morgan fingerprint density at radius 1 is 1.56 bits per heavy atom. The number of esters is 1. The summed E-state index contributed by atoms with van der Waals surface area (Å²) in [5, 5.41) is 6.46. The van der Waals surface area contributed by atoms with Gasteiger partial charge in [0.25, 0.3) is 0 Å². The molecule has 0 saturated heterocycles. The van der Waals surface area contributed by atoms with Gasteiger partial charge in [0.05, 0.1) is 6.61 Å². The second-order valence-corrected chi connectivity index (χ2v) is 5.59. The minimum absolute atomic E-state index is 0.0404. The lowest BCUT2D eigenvalue weighted by molar-refractivity contribution is 0.0501.